The van der Waals surface area contributed by atoms with Gasteiger partial charge in [0.05, 0.1) is 12.8 Å². The molecular weight excluding hydrogens is 264 g/mol. The van der Waals surface area contributed by atoms with E-state index in [-0.39, 0.29) is 5.41 Å². The maximum Gasteiger partial charge on any atom is 0.241 e. The number of nitrogens with zero attached hydrogens (tertiary/aromatic N) is 4. The van der Waals surface area contributed by atoms with Crippen LogP contribution in [0, 0.1) is 0 Å². The van der Waals surface area contributed by atoms with Gasteiger partial charge in [-0.25, -0.2) is 19.9 Å². The quantitative estimate of drug-likeness (QED) is 0.791. The summed E-state index contributed by atoms with van der Waals surface area (Å²) in [5, 5.41) is 0.377. The summed E-state index contributed by atoms with van der Waals surface area (Å²) in [6, 6.07) is 1.66. The first-order valence-corrected chi connectivity index (χ1v) is 6.20. The summed E-state index contributed by atoms with van der Waals surface area (Å²) in [7, 11) is 1.54. The minimum absolute atomic E-state index is 0.199. The molecule has 0 saturated heterocycles. The van der Waals surface area contributed by atoms with Crippen LogP contribution in [-0.2, 0) is 5.41 Å². The van der Waals surface area contributed by atoms with E-state index in [4.69, 9.17) is 16.3 Å². The first-order valence-electron chi connectivity index (χ1n) is 5.82. The Kier molecular flexibility index (Phi) is 3.66. The van der Waals surface area contributed by atoms with Gasteiger partial charge in [0.1, 0.15) is 11.0 Å². The number of rotatable bonds is 2. The molecule has 2 aromatic rings. The second kappa shape index (κ2) is 5.09. The molecule has 0 fully saturated rings. The molecule has 0 N–H and O–H groups in total. The third-order valence-corrected chi connectivity index (χ3v) is 2.66. The Morgan fingerprint density at radius 3 is 2.42 bits per heavy atom. The van der Waals surface area contributed by atoms with Crippen LogP contribution in [-0.4, -0.2) is 27.0 Å². The number of hydrogen-bond acceptors (Lipinski definition) is 5. The minimum atomic E-state index is -0.199. The highest BCUT2D eigenvalue weighted by Crippen LogP contribution is 2.28. The van der Waals surface area contributed by atoms with Crippen LogP contribution in [0.25, 0.3) is 11.4 Å². The number of ether oxygens (including phenoxy) is 1. The van der Waals surface area contributed by atoms with E-state index in [0.717, 1.165) is 0 Å². The lowest BCUT2D eigenvalue weighted by Crippen LogP contribution is -2.16. The Labute approximate surface area is 117 Å². The summed E-state index contributed by atoms with van der Waals surface area (Å²) < 4.78 is 5.19. The van der Waals surface area contributed by atoms with E-state index >= 15 is 0 Å². The van der Waals surface area contributed by atoms with E-state index in [2.05, 4.69) is 19.9 Å². The monoisotopic (exact) mass is 278 g/mol. The zero-order valence-corrected chi connectivity index (χ0v) is 12.1. The summed E-state index contributed by atoms with van der Waals surface area (Å²) in [6.45, 7) is 6.07. The fourth-order valence-corrected chi connectivity index (χ4v) is 1.71. The molecule has 0 amide bonds. The predicted octanol–water partition coefficient (Wildman–Crippen LogP) is 2.89. The molecule has 2 rings (SSSR count). The van der Waals surface area contributed by atoms with Crippen molar-refractivity contribution in [2.24, 2.45) is 0 Å². The third-order valence-electron chi connectivity index (χ3n) is 2.47. The Balaban J connectivity index is 2.60. The van der Waals surface area contributed by atoms with Gasteiger partial charge in [0.2, 0.25) is 5.88 Å². The first kappa shape index (κ1) is 13.7. The Morgan fingerprint density at radius 1 is 1.11 bits per heavy atom. The maximum absolute atomic E-state index is 6.06. The van der Waals surface area contributed by atoms with Gasteiger partial charge < -0.3 is 4.74 Å². The van der Waals surface area contributed by atoms with Crippen LogP contribution in [0.1, 0.15) is 26.6 Å². The lowest BCUT2D eigenvalue weighted by Gasteiger charge is -2.17. The van der Waals surface area contributed by atoms with Crippen LogP contribution >= 0.6 is 11.6 Å². The fraction of sp³-hybridized carbons (Fsp3) is 0.385. The molecule has 100 valence electrons. The molecule has 0 aromatic carbocycles. The van der Waals surface area contributed by atoms with E-state index < -0.39 is 0 Å². The highest BCUT2D eigenvalue weighted by atomic mass is 35.5. The molecule has 0 aliphatic carbocycles. The van der Waals surface area contributed by atoms with Gasteiger partial charge in [-0.15, -0.1) is 0 Å². The highest BCUT2D eigenvalue weighted by molar-refractivity contribution is 6.29. The highest BCUT2D eigenvalue weighted by Gasteiger charge is 2.20. The fourth-order valence-electron chi connectivity index (χ4n) is 1.52. The van der Waals surface area contributed by atoms with Gasteiger partial charge in [0, 0.05) is 23.9 Å². The van der Waals surface area contributed by atoms with Gasteiger partial charge >= 0.3 is 0 Å². The van der Waals surface area contributed by atoms with Crippen LogP contribution in [0.5, 0.6) is 5.88 Å². The average Bonchev–Trinajstić information content (AvgIpc) is 2.37. The minimum Gasteiger partial charge on any atom is -0.479 e. The number of halogens is 1. The van der Waals surface area contributed by atoms with Crippen molar-refractivity contribution in [2.45, 2.75) is 26.2 Å². The Morgan fingerprint density at radius 2 is 1.79 bits per heavy atom. The summed E-state index contributed by atoms with van der Waals surface area (Å²) in [6.07, 6.45) is 3.15. The van der Waals surface area contributed by atoms with E-state index in [1.807, 2.05) is 20.8 Å². The van der Waals surface area contributed by atoms with Crippen molar-refractivity contribution in [2.75, 3.05) is 7.11 Å². The molecule has 2 heterocycles. The standard InChI is InChI=1S/C13H15ClN4O/c1-13(2,3)12-17-8(7-9(14)18-12)10-11(19-4)16-6-5-15-10/h5-7H,1-4H3. The lowest BCUT2D eigenvalue weighted by molar-refractivity contribution is 0.397. The van der Waals surface area contributed by atoms with Crippen molar-refractivity contribution in [1.82, 2.24) is 19.9 Å². The third kappa shape index (κ3) is 2.98. The molecule has 2 aromatic heterocycles. The van der Waals surface area contributed by atoms with Gasteiger partial charge in [-0.2, -0.15) is 0 Å². The van der Waals surface area contributed by atoms with Crippen LogP contribution in [0.15, 0.2) is 18.5 Å². The van der Waals surface area contributed by atoms with Crippen molar-refractivity contribution in [1.29, 1.82) is 0 Å². The van der Waals surface area contributed by atoms with Crippen LogP contribution in [0.2, 0.25) is 5.15 Å². The van der Waals surface area contributed by atoms with Gasteiger partial charge in [0.15, 0.2) is 5.69 Å². The zero-order chi connectivity index (χ0) is 14.0. The zero-order valence-electron chi connectivity index (χ0n) is 11.3. The number of aromatic nitrogens is 4. The van der Waals surface area contributed by atoms with E-state index in [9.17, 15) is 0 Å². The number of methoxy groups -OCH3 is 1. The van der Waals surface area contributed by atoms with Crippen molar-refractivity contribution >= 4 is 11.6 Å². The van der Waals surface area contributed by atoms with Gasteiger partial charge in [-0.3, -0.25) is 0 Å². The SMILES string of the molecule is COc1nccnc1-c1cc(Cl)nc(C(C)(C)C)n1. The molecule has 19 heavy (non-hydrogen) atoms. The second-order valence-corrected chi connectivity index (χ2v) is 5.45. The van der Waals surface area contributed by atoms with Gasteiger partial charge in [0.25, 0.3) is 0 Å². The van der Waals surface area contributed by atoms with Crippen molar-refractivity contribution in [3.05, 3.63) is 29.4 Å². The molecule has 0 bridgehead atoms. The molecule has 0 radical (unpaired) electrons. The Bertz CT molecular complexity index is 595. The van der Waals surface area contributed by atoms with Crippen molar-refractivity contribution < 1.29 is 4.74 Å². The molecule has 5 nitrogen and oxygen atoms in total. The summed E-state index contributed by atoms with van der Waals surface area (Å²) in [4.78, 5) is 17.1. The van der Waals surface area contributed by atoms with Crippen LogP contribution in [0.4, 0.5) is 0 Å². The molecule has 0 aliphatic heterocycles. The van der Waals surface area contributed by atoms with Gasteiger partial charge in [-0.1, -0.05) is 32.4 Å². The first-order chi connectivity index (χ1) is 8.91. The van der Waals surface area contributed by atoms with Crippen LogP contribution < -0.4 is 4.74 Å². The molecule has 0 spiro atoms. The topological polar surface area (TPSA) is 60.8 Å². The maximum atomic E-state index is 6.06. The molecule has 0 atom stereocenters. The molecule has 0 saturated carbocycles. The largest absolute Gasteiger partial charge is 0.479 e. The normalized spacial score (nSPS) is 11.4. The average molecular weight is 279 g/mol. The summed E-state index contributed by atoms with van der Waals surface area (Å²) in [5.41, 5.74) is 0.962. The van der Waals surface area contributed by atoms with Crippen molar-refractivity contribution in [3.8, 4) is 17.3 Å². The molecular formula is C13H15ClN4O. The smallest absolute Gasteiger partial charge is 0.241 e. The van der Waals surface area contributed by atoms with E-state index in [1.165, 1.54) is 0 Å². The lowest BCUT2D eigenvalue weighted by atomic mass is 9.95. The van der Waals surface area contributed by atoms with Crippen molar-refractivity contribution in [3.63, 3.8) is 0 Å². The summed E-state index contributed by atoms with van der Waals surface area (Å²) in [5.74, 6) is 1.07. The van der Waals surface area contributed by atoms with Gasteiger partial charge in [-0.05, 0) is 0 Å². The van der Waals surface area contributed by atoms with E-state index in [1.54, 1.807) is 25.6 Å². The molecule has 0 unspecified atom stereocenters. The summed E-state index contributed by atoms with van der Waals surface area (Å²) >= 11 is 6.06. The second-order valence-electron chi connectivity index (χ2n) is 5.06. The van der Waals surface area contributed by atoms with E-state index in [0.29, 0.717) is 28.2 Å². The Hall–Kier alpha value is -1.75. The number of hydrogen-bond donors (Lipinski definition) is 0. The van der Waals surface area contributed by atoms with Crippen LogP contribution in [0.3, 0.4) is 0 Å². The molecule has 6 heteroatoms. The molecule has 0 aliphatic rings. The predicted molar refractivity (Wildman–Crippen MR) is 73.3 cm³/mol.